The summed E-state index contributed by atoms with van der Waals surface area (Å²) in [5.41, 5.74) is 5.30. The lowest BCUT2D eigenvalue weighted by Crippen LogP contribution is -2.17. The number of carbonyl (C=O) groups excluding carboxylic acids is 1. The van der Waals surface area contributed by atoms with Crippen LogP contribution in [-0.4, -0.2) is 56.5 Å². The zero-order valence-corrected chi connectivity index (χ0v) is 20.5. The maximum Gasteiger partial charge on any atom is 0.251 e. The molecule has 188 valence electrons. The Kier molecular flexibility index (Phi) is 5.79. The Bertz CT molecular complexity index is 1600. The van der Waals surface area contributed by atoms with Crippen LogP contribution in [0.5, 0.6) is 11.6 Å². The molecule has 11 nitrogen and oxygen atoms in total. The minimum atomic E-state index is -0.196. The maximum atomic E-state index is 12.0. The molecule has 2 aromatic carbocycles. The van der Waals surface area contributed by atoms with Crippen molar-refractivity contribution in [3.8, 4) is 22.8 Å². The number of rotatable bonds is 7. The number of nitrogens with zero attached hydrogens (tertiary/aromatic N) is 4. The molecule has 6 rings (SSSR count). The summed E-state index contributed by atoms with van der Waals surface area (Å²) in [6, 6.07) is 11.1. The Morgan fingerprint density at radius 2 is 1.97 bits per heavy atom. The summed E-state index contributed by atoms with van der Waals surface area (Å²) in [5.74, 6) is 1.17. The minimum Gasteiger partial charge on any atom is -0.495 e. The van der Waals surface area contributed by atoms with Crippen LogP contribution in [0.2, 0.25) is 0 Å². The summed E-state index contributed by atoms with van der Waals surface area (Å²) in [6.45, 7) is 0. The Balaban J connectivity index is 1.42. The zero-order valence-electron chi connectivity index (χ0n) is 20.5. The number of carbonyl (C=O) groups is 1. The van der Waals surface area contributed by atoms with E-state index in [1.807, 2.05) is 24.4 Å². The molecular formula is C26H26N8O3. The standard InChI is InChI=1S/C26H26N8O3/c1-27-24(35)15-8-10-19(21(12-15)36-2)29-26-30-23-22(25(31-26)37-16-5-3-4-6-16)17(13-28-23)14-7-9-18-20(11-14)33-34-32-18/h7-13,16H,3-6H2,1-2H3,(H,27,35)(H,32,33,34)(H2,28,29,30,31). The number of ether oxygens (including phenoxy) is 2. The Morgan fingerprint density at radius 1 is 1.11 bits per heavy atom. The second-order valence-electron chi connectivity index (χ2n) is 8.97. The number of methoxy groups -OCH3 is 1. The molecule has 37 heavy (non-hydrogen) atoms. The third-order valence-electron chi connectivity index (χ3n) is 6.65. The van der Waals surface area contributed by atoms with E-state index in [0.29, 0.717) is 34.5 Å². The number of aromatic amines is 2. The lowest BCUT2D eigenvalue weighted by Gasteiger charge is -2.16. The van der Waals surface area contributed by atoms with Crippen LogP contribution in [0.25, 0.3) is 33.2 Å². The number of nitrogens with one attached hydrogen (secondary N) is 4. The molecule has 0 saturated heterocycles. The van der Waals surface area contributed by atoms with Gasteiger partial charge in [0.1, 0.15) is 23.0 Å². The first-order valence-electron chi connectivity index (χ1n) is 12.2. The highest BCUT2D eigenvalue weighted by Crippen LogP contribution is 2.38. The number of benzene rings is 2. The molecule has 0 bridgehead atoms. The van der Waals surface area contributed by atoms with Gasteiger partial charge in [-0.3, -0.25) is 9.89 Å². The van der Waals surface area contributed by atoms with Crippen LogP contribution in [0.4, 0.5) is 11.6 Å². The smallest absolute Gasteiger partial charge is 0.251 e. The van der Waals surface area contributed by atoms with Crippen LogP contribution < -0.4 is 20.1 Å². The van der Waals surface area contributed by atoms with Gasteiger partial charge >= 0.3 is 0 Å². The van der Waals surface area contributed by atoms with Crippen LogP contribution in [-0.2, 0) is 0 Å². The van der Waals surface area contributed by atoms with E-state index in [2.05, 4.69) is 31.0 Å². The van der Waals surface area contributed by atoms with Crippen molar-refractivity contribution < 1.29 is 14.3 Å². The second-order valence-corrected chi connectivity index (χ2v) is 8.97. The molecule has 0 unspecified atom stereocenters. The molecule has 3 aromatic heterocycles. The van der Waals surface area contributed by atoms with Gasteiger partial charge in [-0.05, 0) is 61.6 Å². The summed E-state index contributed by atoms with van der Waals surface area (Å²) in [6.07, 6.45) is 6.29. The molecule has 1 fully saturated rings. The third kappa shape index (κ3) is 4.28. The van der Waals surface area contributed by atoms with E-state index in [4.69, 9.17) is 19.4 Å². The van der Waals surface area contributed by atoms with Gasteiger partial charge in [0.15, 0.2) is 0 Å². The van der Waals surface area contributed by atoms with Crippen molar-refractivity contribution in [2.45, 2.75) is 31.8 Å². The molecule has 0 atom stereocenters. The van der Waals surface area contributed by atoms with E-state index >= 15 is 0 Å². The van der Waals surface area contributed by atoms with Crippen molar-refractivity contribution in [3.05, 3.63) is 48.2 Å². The predicted octanol–water partition coefficient (Wildman–Crippen LogP) is 4.33. The van der Waals surface area contributed by atoms with Crippen LogP contribution in [0.1, 0.15) is 36.0 Å². The van der Waals surface area contributed by atoms with E-state index in [-0.39, 0.29) is 12.0 Å². The minimum absolute atomic E-state index is 0.106. The number of hydrogen-bond donors (Lipinski definition) is 4. The first kappa shape index (κ1) is 22.8. The predicted molar refractivity (Wildman–Crippen MR) is 139 cm³/mol. The van der Waals surface area contributed by atoms with Gasteiger partial charge < -0.3 is 25.1 Å². The number of hydrogen-bond acceptors (Lipinski definition) is 8. The maximum absolute atomic E-state index is 12.0. The van der Waals surface area contributed by atoms with E-state index in [1.54, 1.807) is 32.4 Å². The van der Waals surface area contributed by atoms with Crippen molar-refractivity contribution >= 4 is 39.6 Å². The molecule has 1 aliphatic rings. The van der Waals surface area contributed by atoms with Gasteiger partial charge in [-0.2, -0.15) is 9.97 Å². The first-order valence-corrected chi connectivity index (χ1v) is 12.2. The summed E-state index contributed by atoms with van der Waals surface area (Å²) >= 11 is 0. The monoisotopic (exact) mass is 498 g/mol. The van der Waals surface area contributed by atoms with Crippen molar-refractivity contribution in [2.75, 3.05) is 19.5 Å². The Hall–Kier alpha value is -4.67. The highest BCUT2D eigenvalue weighted by atomic mass is 16.5. The first-order chi connectivity index (χ1) is 18.1. The molecule has 1 aliphatic carbocycles. The highest BCUT2D eigenvalue weighted by molar-refractivity contribution is 5.99. The molecule has 0 spiro atoms. The van der Waals surface area contributed by atoms with Crippen LogP contribution in [0, 0.1) is 0 Å². The fourth-order valence-corrected chi connectivity index (χ4v) is 4.75. The number of fused-ring (bicyclic) bond motifs is 2. The van der Waals surface area contributed by atoms with Gasteiger partial charge in [0.05, 0.1) is 23.7 Å². The van der Waals surface area contributed by atoms with E-state index in [1.165, 1.54) is 0 Å². The summed E-state index contributed by atoms with van der Waals surface area (Å²) in [4.78, 5) is 24.8. The van der Waals surface area contributed by atoms with E-state index in [9.17, 15) is 4.79 Å². The van der Waals surface area contributed by atoms with E-state index < -0.39 is 0 Å². The molecule has 3 heterocycles. The normalized spacial score (nSPS) is 13.8. The van der Waals surface area contributed by atoms with Gasteiger partial charge in [-0.25, -0.2) is 0 Å². The Labute approximate surface area is 212 Å². The zero-order chi connectivity index (χ0) is 25.4. The molecular weight excluding hydrogens is 472 g/mol. The van der Waals surface area contributed by atoms with Gasteiger partial charge in [0, 0.05) is 24.4 Å². The molecule has 4 N–H and O–H groups in total. The number of amides is 1. The quantitative estimate of drug-likeness (QED) is 0.260. The van der Waals surface area contributed by atoms with Crippen LogP contribution >= 0.6 is 0 Å². The number of H-pyrrole nitrogens is 2. The number of aromatic nitrogens is 6. The molecule has 5 aromatic rings. The summed E-state index contributed by atoms with van der Waals surface area (Å²) in [7, 11) is 3.14. The molecule has 1 saturated carbocycles. The summed E-state index contributed by atoms with van der Waals surface area (Å²) in [5, 5.41) is 17.5. The average Bonchev–Trinajstić information content (AvgIpc) is 3.69. The van der Waals surface area contributed by atoms with Gasteiger partial charge in [-0.1, -0.05) is 11.3 Å². The topological polar surface area (TPSA) is 143 Å². The van der Waals surface area contributed by atoms with Gasteiger partial charge in [0.2, 0.25) is 11.8 Å². The van der Waals surface area contributed by atoms with Crippen molar-refractivity contribution in [3.63, 3.8) is 0 Å². The average molecular weight is 499 g/mol. The lowest BCUT2D eigenvalue weighted by molar-refractivity contribution is 0.0962. The number of anilines is 2. The highest BCUT2D eigenvalue weighted by Gasteiger charge is 2.23. The lowest BCUT2D eigenvalue weighted by atomic mass is 10.1. The second kappa shape index (κ2) is 9.41. The molecule has 1 amide bonds. The SMILES string of the molecule is CNC(=O)c1ccc(Nc2nc(OC3CCCC3)c3c(-c4ccc5nn[nH]c5c4)c[nH]c3n2)c(OC)c1. The Morgan fingerprint density at radius 3 is 2.78 bits per heavy atom. The van der Waals surface area contributed by atoms with E-state index in [0.717, 1.165) is 53.2 Å². The fourth-order valence-electron chi connectivity index (χ4n) is 4.75. The summed E-state index contributed by atoms with van der Waals surface area (Å²) < 4.78 is 12.0. The molecule has 0 radical (unpaired) electrons. The fraction of sp³-hybridized carbons (Fsp3) is 0.269. The molecule has 0 aliphatic heterocycles. The molecule has 11 heteroatoms. The van der Waals surface area contributed by atoms with Crippen molar-refractivity contribution in [1.82, 2.24) is 35.7 Å². The van der Waals surface area contributed by atoms with Crippen molar-refractivity contribution in [2.24, 2.45) is 0 Å². The van der Waals surface area contributed by atoms with Gasteiger partial charge in [0.25, 0.3) is 5.91 Å². The van der Waals surface area contributed by atoms with Crippen LogP contribution in [0.3, 0.4) is 0 Å². The van der Waals surface area contributed by atoms with Gasteiger partial charge in [-0.15, -0.1) is 5.10 Å². The third-order valence-corrected chi connectivity index (χ3v) is 6.65. The largest absolute Gasteiger partial charge is 0.495 e. The van der Waals surface area contributed by atoms with Crippen molar-refractivity contribution in [1.29, 1.82) is 0 Å². The van der Waals surface area contributed by atoms with Crippen LogP contribution in [0.15, 0.2) is 42.6 Å².